The minimum absolute atomic E-state index is 0.0260. The summed E-state index contributed by atoms with van der Waals surface area (Å²) in [7, 11) is 5.45. The number of pyridine rings is 1. The number of hydroxylamine groups is 2. The summed E-state index contributed by atoms with van der Waals surface area (Å²) in [5.41, 5.74) is 4.61. The highest BCUT2D eigenvalue weighted by Gasteiger charge is 2.57. The van der Waals surface area contributed by atoms with Crippen LogP contribution in [0.1, 0.15) is 62.2 Å². The lowest BCUT2D eigenvalue weighted by Gasteiger charge is -2.62. The molecule has 2 bridgehead atoms. The van der Waals surface area contributed by atoms with Crippen LogP contribution in [0.3, 0.4) is 0 Å². The van der Waals surface area contributed by atoms with Crippen LogP contribution >= 0.6 is 0 Å². The Kier molecular flexibility index (Phi) is 10.7. The Labute approximate surface area is 301 Å². The molecule has 2 heterocycles. The SMILES string of the molecule is CNC(=O)c1cc(-c2cccc(CN3O[C@@H](CO)[C@@H]([C@H](C)O)[C@H]3C(=O)N[C@H]3C[C@H]4C[C@@H]([C@@H]3C)C4(C)C)c2OCc2ccccn2)cc(N(C)C)c1. The van der Waals surface area contributed by atoms with Crippen LogP contribution in [0, 0.1) is 29.1 Å². The number of aliphatic hydroxyl groups excluding tert-OH is 2. The van der Waals surface area contributed by atoms with Gasteiger partial charge in [0.25, 0.3) is 5.91 Å². The molecule has 3 aliphatic carbocycles. The summed E-state index contributed by atoms with van der Waals surface area (Å²) in [5.74, 6) is 0.902. The van der Waals surface area contributed by atoms with Gasteiger partial charge in [-0.05, 0) is 78.8 Å². The van der Waals surface area contributed by atoms with Crippen LogP contribution in [-0.2, 0) is 22.8 Å². The molecule has 3 aromatic rings. The maximum absolute atomic E-state index is 14.3. The van der Waals surface area contributed by atoms with Gasteiger partial charge in [-0.2, -0.15) is 5.06 Å². The van der Waals surface area contributed by atoms with Crippen LogP contribution in [0.15, 0.2) is 60.8 Å². The number of carbonyl (C=O) groups is 2. The number of aromatic nitrogens is 1. The summed E-state index contributed by atoms with van der Waals surface area (Å²) in [6.07, 6.45) is 2.14. The molecule has 3 saturated carbocycles. The van der Waals surface area contributed by atoms with Gasteiger partial charge in [0.2, 0.25) is 5.91 Å². The average Bonchev–Trinajstić information content (AvgIpc) is 3.50. The third-order valence-electron chi connectivity index (χ3n) is 11.8. The number of hydrogen-bond acceptors (Lipinski definition) is 9. The van der Waals surface area contributed by atoms with Gasteiger partial charge in [-0.3, -0.25) is 19.4 Å². The molecule has 1 saturated heterocycles. The molecule has 7 rings (SSSR count). The van der Waals surface area contributed by atoms with Crippen LogP contribution < -0.4 is 20.3 Å². The van der Waals surface area contributed by atoms with E-state index in [9.17, 15) is 19.8 Å². The summed E-state index contributed by atoms with van der Waals surface area (Å²) in [4.78, 5) is 39.9. The standard InChI is InChI=1S/C40H53N5O6/c1-23-32-18-28(40(32,3)4)19-33(23)43-39(49)36-35(24(2)47)34(21-46)51-45(36)20-25-11-10-13-31(37(25)50-22-29-12-8-9-14-42-29)26-15-27(38(48)41-5)17-30(16-26)44(6)7/h8-17,23-24,28,32-36,46-47H,18-22H2,1-7H3,(H,41,48)(H,43,49)/t23-,24-,28+,32-,33-,34-,35+,36-/m0/s1. The molecule has 0 unspecified atom stereocenters. The van der Waals surface area contributed by atoms with Crippen LogP contribution in [-0.4, -0.2) is 84.1 Å². The molecule has 8 atom stereocenters. The molecule has 2 amide bonds. The van der Waals surface area contributed by atoms with Crippen molar-refractivity contribution in [3.05, 3.63) is 77.6 Å². The fourth-order valence-electron chi connectivity index (χ4n) is 8.69. The first-order valence-electron chi connectivity index (χ1n) is 18.1. The number of ether oxygens (including phenoxy) is 1. The van der Waals surface area contributed by atoms with E-state index >= 15 is 0 Å². The summed E-state index contributed by atoms with van der Waals surface area (Å²) in [5, 5.41) is 29.1. The van der Waals surface area contributed by atoms with Crippen molar-refractivity contribution in [1.29, 1.82) is 0 Å². The molecule has 51 heavy (non-hydrogen) atoms. The van der Waals surface area contributed by atoms with Gasteiger partial charge in [0.05, 0.1) is 24.9 Å². The van der Waals surface area contributed by atoms with Crippen molar-refractivity contribution in [2.75, 3.05) is 32.6 Å². The first kappa shape index (κ1) is 36.8. The fourth-order valence-corrected chi connectivity index (χ4v) is 8.69. The second kappa shape index (κ2) is 14.9. The number of hydrogen-bond donors (Lipinski definition) is 4. The van der Waals surface area contributed by atoms with Crippen molar-refractivity contribution in [2.24, 2.45) is 29.1 Å². The third kappa shape index (κ3) is 7.22. The highest BCUT2D eigenvalue weighted by Crippen LogP contribution is 2.61. The first-order valence-corrected chi connectivity index (χ1v) is 18.1. The van der Waals surface area contributed by atoms with E-state index in [1.807, 2.05) is 73.6 Å². The molecule has 4 aliphatic rings. The number of nitrogens with zero attached hydrogens (tertiary/aromatic N) is 3. The largest absolute Gasteiger partial charge is 0.486 e. The zero-order valence-electron chi connectivity index (χ0n) is 30.8. The minimum Gasteiger partial charge on any atom is -0.486 e. The number of nitrogens with one attached hydrogen (secondary N) is 2. The Morgan fingerprint density at radius 1 is 1.14 bits per heavy atom. The lowest BCUT2D eigenvalue weighted by Crippen LogP contribution is -2.62. The van der Waals surface area contributed by atoms with Crippen LogP contribution in [0.25, 0.3) is 11.1 Å². The van der Waals surface area contributed by atoms with E-state index in [0.29, 0.717) is 29.1 Å². The number of rotatable bonds is 12. The van der Waals surface area contributed by atoms with Gasteiger partial charge in [-0.15, -0.1) is 0 Å². The van der Waals surface area contributed by atoms with E-state index < -0.39 is 24.2 Å². The van der Waals surface area contributed by atoms with Crippen LogP contribution in [0.5, 0.6) is 5.75 Å². The normalized spacial score (nSPS) is 27.3. The molecule has 4 N–H and O–H groups in total. The maximum atomic E-state index is 14.3. The van der Waals surface area contributed by atoms with E-state index in [-0.39, 0.29) is 43.0 Å². The van der Waals surface area contributed by atoms with Crippen molar-refractivity contribution < 1.29 is 29.4 Å². The van der Waals surface area contributed by atoms with Gasteiger partial charge in [-0.25, -0.2) is 0 Å². The zero-order valence-corrected chi connectivity index (χ0v) is 30.8. The van der Waals surface area contributed by atoms with Crippen LogP contribution in [0.2, 0.25) is 0 Å². The Morgan fingerprint density at radius 3 is 2.55 bits per heavy atom. The minimum atomic E-state index is -0.915. The lowest BCUT2D eigenvalue weighted by atomic mass is 9.45. The average molecular weight is 700 g/mol. The predicted molar refractivity (Wildman–Crippen MR) is 196 cm³/mol. The Bertz CT molecular complexity index is 1710. The van der Waals surface area contributed by atoms with Gasteiger partial charge in [-0.1, -0.05) is 45.0 Å². The summed E-state index contributed by atoms with van der Waals surface area (Å²) in [6, 6.07) is 16.3. The molecule has 0 spiro atoms. The van der Waals surface area contributed by atoms with E-state index in [2.05, 4.69) is 36.4 Å². The summed E-state index contributed by atoms with van der Waals surface area (Å²) < 4.78 is 6.58. The number of fused-ring (bicyclic) bond motifs is 2. The Hall–Kier alpha value is -4.03. The van der Waals surface area contributed by atoms with Gasteiger partial charge in [0, 0.05) is 61.7 Å². The highest BCUT2D eigenvalue weighted by molar-refractivity contribution is 5.97. The van der Waals surface area contributed by atoms with Gasteiger partial charge in [0.15, 0.2) is 0 Å². The fraction of sp³-hybridized carbons (Fsp3) is 0.525. The number of benzene rings is 2. The van der Waals surface area contributed by atoms with Gasteiger partial charge >= 0.3 is 0 Å². The number of anilines is 1. The summed E-state index contributed by atoms with van der Waals surface area (Å²) in [6.45, 7) is 8.51. The molecule has 11 nitrogen and oxygen atoms in total. The van der Waals surface area contributed by atoms with E-state index in [4.69, 9.17) is 9.57 Å². The topological polar surface area (TPSA) is 136 Å². The first-order chi connectivity index (χ1) is 24.3. The highest BCUT2D eigenvalue weighted by atomic mass is 16.7. The maximum Gasteiger partial charge on any atom is 0.251 e. The van der Waals surface area contributed by atoms with E-state index in [1.165, 1.54) is 6.42 Å². The molecule has 1 aliphatic heterocycles. The van der Waals surface area contributed by atoms with E-state index in [0.717, 1.165) is 34.5 Å². The zero-order chi connectivity index (χ0) is 36.6. The molecule has 274 valence electrons. The molecule has 0 radical (unpaired) electrons. The lowest BCUT2D eigenvalue weighted by molar-refractivity contribution is -0.183. The van der Waals surface area contributed by atoms with Gasteiger partial charge < -0.3 is 30.5 Å². The van der Waals surface area contributed by atoms with E-state index in [1.54, 1.807) is 25.2 Å². The number of amides is 2. The second-order valence-corrected chi connectivity index (χ2v) is 15.4. The van der Waals surface area contributed by atoms with Gasteiger partial charge in [0.1, 0.15) is 24.5 Å². The molecule has 4 fully saturated rings. The summed E-state index contributed by atoms with van der Waals surface area (Å²) >= 11 is 0. The van der Waals surface area contributed by atoms with Crippen molar-refractivity contribution in [3.8, 4) is 16.9 Å². The number of aliphatic hydroxyl groups is 2. The predicted octanol–water partition coefficient (Wildman–Crippen LogP) is 4.41. The van der Waals surface area contributed by atoms with Crippen molar-refractivity contribution >= 4 is 17.5 Å². The quantitative estimate of drug-likeness (QED) is 0.217. The number of carbonyl (C=O) groups excluding carboxylic acids is 2. The molecular formula is C40H53N5O6. The smallest absolute Gasteiger partial charge is 0.251 e. The molecule has 11 heteroatoms. The number of para-hydroxylation sites is 1. The van der Waals surface area contributed by atoms with Crippen molar-refractivity contribution in [2.45, 2.75) is 78.0 Å². The van der Waals surface area contributed by atoms with Crippen molar-refractivity contribution in [1.82, 2.24) is 20.7 Å². The monoisotopic (exact) mass is 699 g/mol. The Morgan fingerprint density at radius 2 is 1.92 bits per heavy atom. The molecule has 1 aromatic heterocycles. The molecular weight excluding hydrogens is 646 g/mol. The molecule has 2 aromatic carbocycles. The second-order valence-electron chi connectivity index (χ2n) is 15.4. The van der Waals surface area contributed by atoms with Crippen molar-refractivity contribution in [3.63, 3.8) is 0 Å². The third-order valence-corrected chi connectivity index (χ3v) is 11.8. The Balaban J connectivity index is 1.37. The van der Waals surface area contributed by atoms with Crippen LogP contribution in [0.4, 0.5) is 5.69 Å².